The molecule has 25 heavy (non-hydrogen) atoms. The first-order chi connectivity index (χ1) is 12.0. The number of amides is 1. The Balaban J connectivity index is 1.67. The zero-order valence-corrected chi connectivity index (χ0v) is 13.3. The lowest BCUT2D eigenvalue weighted by molar-refractivity contribution is -0.111. The Kier molecular flexibility index (Phi) is 4.47. The maximum atomic E-state index is 12.0. The minimum Gasteiger partial charge on any atom is -0.465 e. The van der Waals surface area contributed by atoms with Crippen molar-refractivity contribution in [2.45, 2.75) is 0 Å². The minimum atomic E-state index is -0.411. The predicted octanol–water partition coefficient (Wildman–Crippen LogP) is 2.29. The van der Waals surface area contributed by atoms with E-state index < -0.39 is 5.97 Å². The fourth-order valence-corrected chi connectivity index (χ4v) is 2.31. The van der Waals surface area contributed by atoms with Gasteiger partial charge >= 0.3 is 11.7 Å². The van der Waals surface area contributed by atoms with E-state index in [2.05, 4.69) is 20.0 Å². The van der Waals surface area contributed by atoms with Gasteiger partial charge in [0.25, 0.3) is 0 Å². The molecule has 0 saturated heterocycles. The Morgan fingerprint density at radius 1 is 1.04 bits per heavy atom. The number of benzene rings is 2. The van der Waals surface area contributed by atoms with Crippen LogP contribution in [0.2, 0.25) is 0 Å². The summed E-state index contributed by atoms with van der Waals surface area (Å²) in [7, 11) is 1.32. The number of esters is 1. The average Bonchev–Trinajstić information content (AvgIpc) is 2.99. The lowest BCUT2D eigenvalue weighted by Crippen LogP contribution is -2.07. The zero-order chi connectivity index (χ0) is 17.8. The molecule has 1 amide bonds. The second kappa shape index (κ2) is 6.88. The number of ether oxygens (including phenoxy) is 1. The Morgan fingerprint density at radius 2 is 1.76 bits per heavy atom. The number of carbonyl (C=O) groups excluding carboxylic acids is 2. The number of fused-ring (bicyclic) bond motifs is 1. The lowest BCUT2D eigenvalue weighted by atomic mass is 10.1. The van der Waals surface area contributed by atoms with Crippen LogP contribution in [0.5, 0.6) is 0 Å². The first kappa shape index (κ1) is 16.3. The molecule has 0 unspecified atom stereocenters. The summed E-state index contributed by atoms with van der Waals surface area (Å²) < 4.78 is 4.63. The van der Waals surface area contributed by atoms with Crippen LogP contribution in [0.4, 0.5) is 5.69 Å². The lowest BCUT2D eigenvalue weighted by Gasteiger charge is -2.02. The molecule has 3 N–H and O–H groups in total. The standard InChI is InChI=1S/C18H15N3O4/c1-25-17(23)12-5-2-11(3-6-12)4-9-16(22)19-13-7-8-14-15(10-13)21-18(24)20-14/h2-10H,1H3,(H,19,22)(H2,20,21,24)/b9-4+. The van der Waals surface area contributed by atoms with E-state index in [9.17, 15) is 14.4 Å². The van der Waals surface area contributed by atoms with Crippen LogP contribution >= 0.6 is 0 Å². The molecule has 2 aromatic carbocycles. The van der Waals surface area contributed by atoms with E-state index in [0.29, 0.717) is 22.3 Å². The van der Waals surface area contributed by atoms with Crippen molar-refractivity contribution in [3.63, 3.8) is 0 Å². The van der Waals surface area contributed by atoms with Gasteiger partial charge in [0.2, 0.25) is 5.91 Å². The van der Waals surface area contributed by atoms with Crippen molar-refractivity contribution < 1.29 is 14.3 Å². The Bertz CT molecular complexity index is 1010. The summed E-state index contributed by atoms with van der Waals surface area (Å²) in [6.45, 7) is 0. The second-order valence-electron chi connectivity index (χ2n) is 5.28. The highest BCUT2D eigenvalue weighted by molar-refractivity contribution is 6.02. The maximum absolute atomic E-state index is 12.0. The van der Waals surface area contributed by atoms with Crippen molar-refractivity contribution in [1.29, 1.82) is 0 Å². The molecule has 0 aliphatic heterocycles. The number of rotatable bonds is 4. The van der Waals surface area contributed by atoms with Gasteiger partial charge < -0.3 is 20.0 Å². The molecule has 0 aliphatic carbocycles. The monoisotopic (exact) mass is 337 g/mol. The van der Waals surface area contributed by atoms with E-state index in [0.717, 1.165) is 5.56 Å². The maximum Gasteiger partial charge on any atom is 0.337 e. The third-order valence-corrected chi connectivity index (χ3v) is 3.54. The van der Waals surface area contributed by atoms with Gasteiger partial charge in [0.05, 0.1) is 23.7 Å². The fourth-order valence-electron chi connectivity index (χ4n) is 2.31. The molecular formula is C18H15N3O4. The van der Waals surface area contributed by atoms with E-state index >= 15 is 0 Å². The van der Waals surface area contributed by atoms with Crippen LogP contribution in [0.25, 0.3) is 17.1 Å². The molecule has 0 bridgehead atoms. The highest BCUT2D eigenvalue weighted by Crippen LogP contribution is 2.14. The second-order valence-corrected chi connectivity index (χ2v) is 5.28. The number of aromatic amines is 2. The van der Waals surface area contributed by atoms with Gasteiger partial charge in [-0.05, 0) is 42.0 Å². The zero-order valence-electron chi connectivity index (χ0n) is 13.3. The first-order valence-corrected chi connectivity index (χ1v) is 7.44. The van der Waals surface area contributed by atoms with Crippen LogP contribution in [-0.2, 0) is 9.53 Å². The van der Waals surface area contributed by atoms with Gasteiger partial charge in [0.15, 0.2) is 0 Å². The van der Waals surface area contributed by atoms with Crippen LogP contribution in [0, 0.1) is 0 Å². The quantitative estimate of drug-likeness (QED) is 0.502. The number of H-pyrrole nitrogens is 2. The summed E-state index contributed by atoms with van der Waals surface area (Å²) in [5, 5.41) is 2.72. The molecule has 0 spiro atoms. The number of anilines is 1. The molecule has 7 heteroatoms. The van der Waals surface area contributed by atoms with Crippen molar-refractivity contribution in [3.05, 3.63) is 70.2 Å². The number of carbonyl (C=O) groups is 2. The highest BCUT2D eigenvalue weighted by Gasteiger charge is 2.04. The van der Waals surface area contributed by atoms with Gasteiger partial charge in [-0.15, -0.1) is 0 Å². The largest absolute Gasteiger partial charge is 0.465 e. The normalized spacial score (nSPS) is 10.9. The van der Waals surface area contributed by atoms with Crippen molar-refractivity contribution in [2.75, 3.05) is 12.4 Å². The van der Waals surface area contributed by atoms with E-state index in [4.69, 9.17) is 0 Å². The molecule has 0 atom stereocenters. The number of methoxy groups -OCH3 is 1. The summed E-state index contributed by atoms with van der Waals surface area (Å²) in [4.78, 5) is 39.8. The van der Waals surface area contributed by atoms with E-state index in [1.54, 1.807) is 48.5 Å². The molecule has 1 heterocycles. The minimum absolute atomic E-state index is 0.297. The van der Waals surface area contributed by atoms with Crippen LogP contribution in [0.15, 0.2) is 53.3 Å². The fraction of sp³-hybridized carbons (Fsp3) is 0.0556. The highest BCUT2D eigenvalue weighted by atomic mass is 16.5. The van der Waals surface area contributed by atoms with Gasteiger partial charge in [0, 0.05) is 11.8 Å². The third-order valence-electron chi connectivity index (χ3n) is 3.54. The topological polar surface area (TPSA) is 104 Å². The molecule has 0 aliphatic rings. The van der Waals surface area contributed by atoms with Crippen LogP contribution < -0.4 is 11.0 Å². The molecule has 3 rings (SSSR count). The Morgan fingerprint density at radius 3 is 2.48 bits per heavy atom. The van der Waals surface area contributed by atoms with E-state index in [1.165, 1.54) is 13.2 Å². The van der Waals surface area contributed by atoms with Crippen molar-refractivity contribution in [2.24, 2.45) is 0 Å². The Hall–Kier alpha value is -3.61. The van der Waals surface area contributed by atoms with Crippen LogP contribution in [0.1, 0.15) is 15.9 Å². The molecule has 0 fully saturated rings. The summed E-state index contributed by atoms with van der Waals surface area (Å²) >= 11 is 0. The van der Waals surface area contributed by atoms with Crippen molar-refractivity contribution in [3.8, 4) is 0 Å². The summed E-state index contributed by atoms with van der Waals surface area (Å²) in [6, 6.07) is 11.8. The number of hydrogen-bond donors (Lipinski definition) is 3. The van der Waals surface area contributed by atoms with Gasteiger partial charge in [-0.1, -0.05) is 12.1 Å². The van der Waals surface area contributed by atoms with Crippen LogP contribution in [0.3, 0.4) is 0 Å². The molecule has 1 aromatic heterocycles. The smallest absolute Gasteiger partial charge is 0.337 e. The number of aromatic nitrogens is 2. The molecule has 0 radical (unpaired) electrons. The molecule has 3 aromatic rings. The summed E-state index contributed by atoms with van der Waals surface area (Å²) in [5.74, 6) is -0.722. The van der Waals surface area contributed by atoms with E-state index in [-0.39, 0.29) is 11.6 Å². The molecule has 7 nitrogen and oxygen atoms in total. The molecule has 0 saturated carbocycles. The average molecular weight is 337 g/mol. The molecule has 126 valence electrons. The van der Waals surface area contributed by atoms with Crippen LogP contribution in [-0.4, -0.2) is 29.0 Å². The Labute approximate surface area is 142 Å². The predicted molar refractivity (Wildman–Crippen MR) is 94.4 cm³/mol. The van der Waals surface area contributed by atoms with E-state index in [1.807, 2.05) is 0 Å². The summed E-state index contributed by atoms with van der Waals surface area (Å²) in [6.07, 6.45) is 3.02. The van der Waals surface area contributed by atoms with Crippen molar-refractivity contribution >= 4 is 34.7 Å². The number of imidazole rings is 1. The van der Waals surface area contributed by atoms with Gasteiger partial charge in [0.1, 0.15) is 0 Å². The first-order valence-electron chi connectivity index (χ1n) is 7.44. The number of hydrogen-bond acceptors (Lipinski definition) is 4. The SMILES string of the molecule is COC(=O)c1ccc(/C=C/C(=O)Nc2ccc3[nH]c(=O)[nH]c3c2)cc1. The summed E-state index contributed by atoms with van der Waals surface area (Å²) in [5.41, 5.74) is 2.77. The van der Waals surface area contributed by atoms with Gasteiger partial charge in [-0.25, -0.2) is 9.59 Å². The van der Waals surface area contributed by atoms with Crippen molar-refractivity contribution in [1.82, 2.24) is 9.97 Å². The van der Waals surface area contributed by atoms with Gasteiger partial charge in [-0.3, -0.25) is 4.79 Å². The third kappa shape index (κ3) is 3.84. The van der Waals surface area contributed by atoms with Gasteiger partial charge in [-0.2, -0.15) is 0 Å². The molecular weight excluding hydrogens is 322 g/mol. The number of nitrogens with one attached hydrogen (secondary N) is 3.